The Morgan fingerprint density at radius 3 is 2.72 bits per heavy atom. The van der Waals surface area contributed by atoms with E-state index in [4.69, 9.17) is 9.84 Å². The molecule has 1 amide bonds. The summed E-state index contributed by atoms with van der Waals surface area (Å²) in [7, 11) is 1.65. The van der Waals surface area contributed by atoms with E-state index in [1.54, 1.807) is 7.05 Å². The van der Waals surface area contributed by atoms with E-state index in [0.717, 1.165) is 12.5 Å². The van der Waals surface area contributed by atoms with Crippen molar-refractivity contribution in [1.82, 2.24) is 10.2 Å². The van der Waals surface area contributed by atoms with Crippen LogP contribution in [-0.4, -0.2) is 61.3 Å². The van der Waals surface area contributed by atoms with Crippen LogP contribution in [-0.2, 0) is 14.3 Å². The van der Waals surface area contributed by atoms with Gasteiger partial charge in [0.2, 0.25) is 5.91 Å². The van der Waals surface area contributed by atoms with Gasteiger partial charge in [0, 0.05) is 7.05 Å². The van der Waals surface area contributed by atoms with Gasteiger partial charge >= 0.3 is 5.97 Å². The zero-order chi connectivity index (χ0) is 13.1. The molecule has 2 aliphatic rings. The SMILES string of the molecule is CN(C(=O)CNCC1CC1)C1COCC1C(=O)O. The maximum Gasteiger partial charge on any atom is 0.311 e. The van der Waals surface area contributed by atoms with Gasteiger partial charge in [-0.15, -0.1) is 0 Å². The highest BCUT2D eigenvalue weighted by Gasteiger charge is 2.38. The quantitative estimate of drug-likeness (QED) is 0.672. The molecule has 6 heteroatoms. The summed E-state index contributed by atoms with van der Waals surface area (Å²) in [5.41, 5.74) is 0. The van der Waals surface area contributed by atoms with Crippen molar-refractivity contribution in [3.63, 3.8) is 0 Å². The molecule has 0 spiro atoms. The first-order valence-corrected chi connectivity index (χ1v) is 6.36. The predicted molar refractivity (Wildman–Crippen MR) is 64.1 cm³/mol. The molecule has 6 nitrogen and oxygen atoms in total. The van der Waals surface area contributed by atoms with Crippen molar-refractivity contribution in [2.24, 2.45) is 11.8 Å². The van der Waals surface area contributed by atoms with Crippen LogP contribution >= 0.6 is 0 Å². The lowest BCUT2D eigenvalue weighted by Gasteiger charge is -2.26. The monoisotopic (exact) mass is 256 g/mol. The number of amides is 1. The van der Waals surface area contributed by atoms with Gasteiger partial charge in [0.15, 0.2) is 0 Å². The van der Waals surface area contributed by atoms with E-state index in [2.05, 4.69) is 5.32 Å². The van der Waals surface area contributed by atoms with E-state index in [1.165, 1.54) is 17.7 Å². The average Bonchev–Trinajstić information content (AvgIpc) is 3.02. The Bertz CT molecular complexity index is 330. The molecule has 1 saturated heterocycles. The molecule has 2 unspecified atom stereocenters. The minimum Gasteiger partial charge on any atom is -0.481 e. The zero-order valence-electron chi connectivity index (χ0n) is 10.6. The number of carbonyl (C=O) groups excluding carboxylic acids is 1. The first-order valence-electron chi connectivity index (χ1n) is 6.36. The Balaban J connectivity index is 1.78. The van der Waals surface area contributed by atoms with E-state index in [-0.39, 0.29) is 25.1 Å². The summed E-state index contributed by atoms with van der Waals surface area (Å²) >= 11 is 0. The average molecular weight is 256 g/mol. The molecule has 2 fully saturated rings. The number of hydrogen-bond donors (Lipinski definition) is 2. The molecule has 2 N–H and O–H groups in total. The highest BCUT2D eigenvalue weighted by Crippen LogP contribution is 2.27. The van der Waals surface area contributed by atoms with Crippen molar-refractivity contribution in [3.8, 4) is 0 Å². The van der Waals surface area contributed by atoms with E-state index in [9.17, 15) is 9.59 Å². The smallest absolute Gasteiger partial charge is 0.311 e. The summed E-state index contributed by atoms with van der Waals surface area (Å²) in [6, 6.07) is -0.349. The molecular weight excluding hydrogens is 236 g/mol. The molecule has 2 rings (SSSR count). The van der Waals surface area contributed by atoms with Crippen molar-refractivity contribution >= 4 is 11.9 Å². The van der Waals surface area contributed by atoms with Crippen LogP contribution in [0.4, 0.5) is 0 Å². The van der Waals surface area contributed by atoms with E-state index >= 15 is 0 Å². The van der Waals surface area contributed by atoms with E-state index < -0.39 is 11.9 Å². The van der Waals surface area contributed by atoms with Gasteiger partial charge in [0.1, 0.15) is 5.92 Å². The number of nitrogens with one attached hydrogen (secondary N) is 1. The lowest BCUT2D eigenvalue weighted by Crippen LogP contribution is -2.47. The van der Waals surface area contributed by atoms with E-state index in [0.29, 0.717) is 6.61 Å². The van der Waals surface area contributed by atoms with Crippen LogP contribution in [0.25, 0.3) is 0 Å². The first kappa shape index (κ1) is 13.3. The van der Waals surface area contributed by atoms with Gasteiger partial charge in [0.05, 0.1) is 25.8 Å². The van der Waals surface area contributed by atoms with Crippen molar-refractivity contribution < 1.29 is 19.4 Å². The third-order valence-electron chi connectivity index (χ3n) is 3.66. The van der Waals surface area contributed by atoms with Crippen LogP contribution in [0.15, 0.2) is 0 Å². The summed E-state index contributed by atoms with van der Waals surface area (Å²) in [6.45, 7) is 1.65. The van der Waals surface area contributed by atoms with Crippen LogP contribution < -0.4 is 5.32 Å². The molecule has 18 heavy (non-hydrogen) atoms. The number of carboxylic acids is 1. The molecule has 1 aliphatic heterocycles. The molecule has 0 aromatic carbocycles. The Morgan fingerprint density at radius 2 is 2.11 bits per heavy atom. The van der Waals surface area contributed by atoms with Gasteiger partial charge in [-0.1, -0.05) is 0 Å². The van der Waals surface area contributed by atoms with Gasteiger partial charge in [0.25, 0.3) is 0 Å². The predicted octanol–water partition coefficient (Wildman–Crippen LogP) is -0.456. The Labute approximate surface area is 106 Å². The Kier molecular flexibility index (Phi) is 4.19. The molecule has 102 valence electrons. The molecule has 2 atom stereocenters. The minimum absolute atomic E-state index is 0.0719. The van der Waals surface area contributed by atoms with Crippen LogP contribution in [0.5, 0.6) is 0 Å². The third-order valence-corrected chi connectivity index (χ3v) is 3.66. The molecule has 1 aliphatic carbocycles. The van der Waals surface area contributed by atoms with Crippen LogP contribution in [0.2, 0.25) is 0 Å². The lowest BCUT2D eigenvalue weighted by molar-refractivity contribution is -0.144. The van der Waals surface area contributed by atoms with Gasteiger partial charge in [-0.25, -0.2) is 0 Å². The highest BCUT2D eigenvalue weighted by molar-refractivity contribution is 5.80. The summed E-state index contributed by atoms with van der Waals surface area (Å²) in [5.74, 6) is -0.854. The summed E-state index contributed by atoms with van der Waals surface area (Å²) in [6.07, 6.45) is 2.49. The van der Waals surface area contributed by atoms with Crippen molar-refractivity contribution in [3.05, 3.63) is 0 Å². The largest absolute Gasteiger partial charge is 0.481 e. The maximum absolute atomic E-state index is 11.9. The second kappa shape index (κ2) is 5.67. The molecule has 1 saturated carbocycles. The number of rotatable bonds is 6. The van der Waals surface area contributed by atoms with Crippen LogP contribution in [0, 0.1) is 11.8 Å². The fraction of sp³-hybridized carbons (Fsp3) is 0.833. The van der Waals surface area contributed by atoms with Crippen molar-refractivity contribution in [2.45, 2.75) is 18.9 Å². The fourth-order valence-corrected chi connectivity index (χ4v) is 2.18. The topological polar surface area (TPSA) is 78.9 Å². The third kappa shape index (κ3) is 3.20. The van der Waals surface area contributed by atoms with E-state index in [1.807, 2.05) is 0 Å². The molecule has 0 radical (unpaired) electrons. The summed E-state index contributed by atoms with van der Waals surface area (Å²) < 4.78 is 5.16. The van der Waals surface area contributed by atoms with Crippen LogP contribution in [0.1, 0.15) is 12.8 Å². The molecule has 0 aromatic heterocycles. The molecule has 0 bridgehead atoms. The van der Waals surface area contributed by atoms with Gasteiger partial charge < -0.3 is 20.1 Å². The lowest BCUT2D eigenvalue weighted by atomic mass is 10.0. The van der Waals surface area contributed by atoms with Crippen molar-refractivity contribution in [2.75, 3.05) is 33.4 Å². The number of likely N-dealkylation sites (N-methyl/N-ethyl adjacent to an activating group) is 1. The number of carbonyl (C=O) groups is 2. The Hall–Kier alpha value is -1.14. The molecular formula is C12H20N2O4. The fourth-order valence-electron chi connectivity index (χ4n) is 2.18. The first-order chi connectivity index (χ1) is 8.59. The number of aliphatic carboxylic acids is 1. The number of hydrogen-bond acceptors (Lipinski definition) is 4. The zero-order valence-corrected chi connectivity index (χ0v) is 10.6. The second-order valence-electron chi connectivity index (χ2n) is 5.13. The number of carboxylic acid groups (broad SMARTS) is 1. The summed E-state index contributed by atoms with van der Waals surface area (Å²) in [5, 5.41) is 12.2. The maximum atomic E-state index is 11.9. The molecule has 1 heterocycles. The molecule has 0 aromatic rings. The van der Waals surface area contributed by atoms with Gasteiger partial charge in [-0.3, -0.25) is 9.59 Å². The van der Waals surface area contributed by atoms with Gasteiger partial charge in [-0.05, 0) is 25.3 Å². The minimum atomic E-state index is -0.900. The van der Waals surface area contributed by atoms with Crippen molar-refractivity contribution in [1.29, 1.82) is 0 Å². The second-order valence-corrected chi connectivity index (χ2v) is 5.13. The Morgan fingerprint density at radius 1 is 1.39 bits per heavy atom. The van der Waals surface area contributed by atoms with Gasteiger partial charge in [-0.2, -0.15) is 0 Å². The van der Waals surface area contributed by atoms with Crippen LogP contribution in [0.3, 0.4) is 0 Å². The highest BCUT2D eigenvalue weighted by atomic mass is 16.5. The standard InChI is InChI=1S/C12H20N2O4/c1-14(10-7-18-6-9(10)12(16)17)11(15)5-13-4-8-2-3-8/h8-10,13H,2-7H2,1H3,(H,16,17). The normalized spacial score (nSPS) is 27.2. The number of nitrogens with zero attached hydrogens (tertiary/aromatic N) is 1. The number of ether oxygens (including phenoxy) is 1. The summed E-state index contributed by atoms with van der Waals surface area (Å²) in [4.78, 5) is 24.4.